The molecule has 3 aromatic rings. The molecular formula is C23H28IN5O4S. The summed E-state index contributed by atoms with van der Waals surface area (Å²) in [5.74, 6) is 0. The summed E-state index contributed by atoms with van der Waals surface area (Å²) in [6, 6.07) is 5.57. The number of fused-ring (bicyclic) bond motifs is 1. The number of nitrogens with zero attached hydrogens (tertiary/aromatic N) is 4. The Hall–Kier alpha value is -2.25. The van der Waals surface area contributed by atoms with Crippen LogP contribution in [-0.4, -0.2) is 54.3 Å². The van der Waals surface area contributed by atoms with Crippen molar-refractivity contribution in [3.63, 3.8) is 0 Å². The number of nitrogens with one attached hydrogen (secondary N) is 1. The maximum absolute atomic E-state index is 12.7. The van der Waals surface area contributed by atoms with Crippen LogP contribution in [0.2, 0.25) is 0 Å². The minimum Gasteiger partial charge on any atom is -0.443 e. The van der Waals surface area contributed by atoms with Crippen molar-refractivity contribution in [3.8, 4) is 11.3 Å². The molecule has 34 heavy (non-hydrogen) atoms. The molecule has 1 aromatic carbocycles. The highest BCUT2D eigenvalue weighted by Gasteiger charge is 2.25. The molecule has 182 valence electrons. The third-order valence-corrected chi connectivity index (χ3v) is 7.87. The van der Waals surface area contributed by atoms with Crippen LogP contribution in [0.3, 0.4) is 0 Å². The van der Waals surface area contributed by atoms with Crippen molar-refractivity contribution >= 4 is 55.6 Å². The Morgan fingerprint density at radius 2 is 2.00 bits per heavy atom. The predicted molar refractivity (Wildman–Crippen MR) is 140 cm³/mol. The number of anilines is 1. The monoisotopic (exact) mass is 597 g/mol. The number of ether oxygens (including phenoxy) is 1. The average Bonchev–Trinajstić information content (AvgIpc) is 3.35. The fourth-order valence-electron chi connectivity index (χ4n) is 4.03. The summed E-state index contributed by atoms with van der Waals surface area (Å²) in [6.07, 6.45) is 4.78. The Balaban J connectivity index is 1.83. The summed E-state index contributed by atoms with van der Waals surface area (Å²) in [7, 11) is -2.27. The molecule has 1 aliphatic rings. The number of carbonyl (C=O) groups excluding carboxylic acids is 1. The molecule has 1 N–H and O–H groups in total. The van der Waals surface area contributed by atoms with Crippen LogP contribution in [0.5, 0.6) is 0 Å². The molecule has 1 fully saturated rings. The molecule has 1 saturated heterocycles. The van der Waals surface area contributed by atoms with Crippen LogP contribution in [0.4, 0.5) is 10.5 Å². The van der Waals surface area contributed by atoms with Crippen molar-refractivity contribution in [3.05, 3.63) is 34.2 Å². The van der Waals surface area contributed by atoms with Crippen molar-refractivity contribution in [1.29, 1.82) is 0 Å². The van der Waals surface area contributed by atoms with E-state index in [-0.39, 0.29) is 4.90 Å². The van der Waals surface area contributed by atoms with Gasteiger partial charge in [-0.3, -0.25) is 0 Å². The lowest BCUT2D eigenvalue weighted by Crippen LogP contribution is -2.27. The summed E-state index contributed by atoms with van der Waals surface area (Å²) in [6.45, 7) is 8.41. The molecule has 0 radical (unpaired) electrons. The molecular weight excluding hydrogens is 569 g/mol. The molecule has 1 aliphatic heterocycles. The lowest BCUT2D eigenvalue weighted by atomic mass is 10.1. The quantitative estimate of drug-likeness (QED) is 0.445. The van der Waals surface area contributed by atoms with Crippen molar-refractivity contribution in [1.82, 2.24) is 19.3 Å². The van der Waals surface area contributed by atoms with Gasteiger partial charge in [-0.05, 0) is 88.4 Å². The van der Waals surface area contributed by atoms with Gasteiger partial charge < -0.3 is 9.64 Å². The topological polar surface area (TPSA) is 106 Å². The number of benzene rings is 1. The lowest BCUT2D eigenvalue weighted by Gasteiger charge is -2.25. The van der Waals surface area contributed by atoms with E-state index in [1.54, 1.807) is 45.3 Å². The molecule has 0 saturated carbocycles. The van der Waals surface area contributed by atoms with Crippen LogP contribution < -0.4 is 9.62 Å². The first-order chi connectivity index (χ1) is 15.9. The minimum atomic E-state index is -3.67. The van der Waals surface area contributed by atoms with E-state index in [2.05, 4.69) is 44.1 Å². The van der Waals surface area contributed by atoms with Crippen LogP contribution in [0, 0.1) is 3.57 Å². The first-order valence-corrected chi connectivity index (χ1v) is 13.6. The molecule has 0 bridgehead atoms. The summed E-state index contributed by atoms with van der Waals surface area (Å²) in [5.41, 5.74) is 2.28. The van der Waals surface area contributed by atoms with Gasteiger partial charge >= 0.3 is 6.09 Å². The van der Waals surface area contributed by atoms with E-state index in [1.807, 2.05) is 6.07 Å². The van der Waals surface area contributed by atoms with Crippen LogP contribution in [0.25, 0.3) is 22.4 Å². The Labute approximate surface area is 213 Å². The maximum atomic E-state index is 12.7. The number of hydrogen-bond donors (Lipinski definition) is 1. The van der Waals surface area contributed by atoms with Gasteiger partial charge in [-0.1, -0.05) is 0 Å². The number of rotatable bonds is 4. The number of sulfonamides is 1. The van der Waals surface area contributed by atoms with E-state index < -0.39 is 21.7 Å². The van der Waals surface area contributed by atoms with Crippen molar-refractivity contribution < 1.29 is 17.9 Å². The first-order valence-electron chi connectivity index (χ1n) is 11.0. The highest BCUT2D eigenvalue weighted by atomic mass is 127. The normalized spacial score (nSPS) is 16.9. The Kier molecular flexibility index (Phi) is 6.64. The summed E-state index contributed by atoms with van der Waals surface area (Å²) in [4.78, 5) is 24.3. The molecule has 2 aromatic heterocycles. The second kappa shape index (κ2) is 9.08. The molecule has 0 spiro atoms. The van der Waals surface area contributed by atoms with Crippen molar-refractivity contribution in [2.75, 3.05) is 18.5 Å². The summed E-state index contributed by atoms with van der Waals surface area (Å²) in [5, 5.41) is 0. The molecule has 3 heterocycles. The predicted octanol–water partition coefficient (Wildman–Crippen LogP) is 4.38. The second-order valence-corrected chi connectivity index (χ2v) is 12.4. The van der Waals surface area contributed by atoms with Gasteiger partial charge in [0.1, 0.15) is 11.1 Å². The molecule has 0 amide bonds. The number of carbonyl (C=O) groups is 1. The van der Waals surface area contributed by atoms with E-state index in [4.69, 9.17) is 9.72 Å². The van der Waals surface area contributed by atoms with E-state index in [0.29, 0.717) is 28.5 Å². The van der Waals surface area contributed by atoms with E-state index in [9.17, 15) is 13.2 Å². The first kappa shape index (κ1) is 24.9. The molecule has 0 aliphatic carbocycles. The minimum absolute atomic E-state index is 0.171. The van der Waals surface area contributed by atoms with Gasteiger partial charge in [0.2, 0.25) is 10.0 Å². The zero-order chi connectivity index (χ0) is 24.8. The van der Waals surface area contributed by atoms with Crippen LogP contribution in [0.15, 0.2) is 35.5 Å². The number of halogens is 1. The number of aromatic nitrogens is 3. The Morgan fingerprint density at radius 3 is 2.62 bits per heavy atom. The highest BCUT2D eigenvalue weighted by Crippen LogP contribution is 2.33. The third-order valence-electron chi connectivity index (χ3n) is 5.69. The van der Waals surface area contributed by atoms with Crippen LogP contribution >= 0.6 is 22.6 Å². The lowest BCUT2D eigenvalue weighted by molar-refractivity contribution is 0.0543. The Bertz CT molecular complexity index is 1360. The van der Waals surface area contributed by atoms with Gasteiger partial charge in [-0.15, -0.1) is 0 Å². The van der Waals surface area contributed by atoms with Crippen LogP contribution in [-0.2, 0) is 14.8 Å². The van der Waals surface area contributed by atoms with E-state index in [0.717, 1.165) is 28.6 Å². The zero-order valence-electron chi connectivity index (χ0n) is 19.8. The summed E-state index contributed by atoms with van der Waals surface area (Å²) >= 11 is 2.11. The standard InChI is InChI=1S/C23H28IN5O4S/c1-14-7-6-8-28(14)16-9-15(10-17(11-16)34(31,32)25-5)19-12-26-21-20(27-19)18(24)13-29(21)22(30)33-23(2,3)4/h9-14,25H,6-8H2,1-5H3/t14-/m1/s1. The van der Waals surface area contributed by atoms with Gasteiger partial charge in [-0.25, -0.2) is 32.5 Å². The Morgan fingerprint density at radius 1 is 1.26 bits per heavy atom. The second-order valence-electron chi connectivity index (χ2n) is 9.36. The third kappa shape index (κ3) is 4.91. The maximum Gasteiger partial charge on any atom is 0.420 e. The van der Waals surface area contributed by atoms with Gasteiger partial charge in [-0.2, -0.15) is 0 Å². The number of hydrogen-bond acceptors (Lipinski definition) is 7. The smallest absolute Gasteiger partial charge is 0.420 e. The van der Waals surface area contributed by atoms with Gasteiger partial charge in [0.15, 0.2) is 5.65 Å². The average molecular weight is 597 g/mol. The van der Waals surface area contributed by atoms with Gasteiger partial charge in [0, 0.05) is 30.0 Å². The molecule has 1 atom stereocenters. The summed E-state index contributed by atoms with van der Waals surface area (Å²) < 4.78 is 35.3. The molecule has 4 rings (SSSR count). The van der Waals surface area contributed by atoms with Crippen LogP contribution in [0.1, 0.15) is 40.5 Å². The van der Waals surface area contributed by atoms with Gasteiger partial charge in [0.05, 0.1) is 20.4 Å². The van der Waals surface area contributed by atoms with E-state index >= 15 is 0 Å². The van der Waals surface area contributed by atoms with Gasteiger partial charge in [0.25, 0.3) is 0 Å². The van der Waals surface area contributed by atoms with Crippen molar-refractivity contribution in [2.24, 2.45) is 0 Å². The zero-order valence-corrected chi connectivity index (χ0v) is 22.8. The van der Waals surface area contributed by atoms with E-state index in [1.165, 1.54) is 11.6 Å². The van der Waals surface area contributed by atoms with Crippen molar-refractivity contribution in [2.45, 2.75) is 57.1 Å². The molecule has 0 unspecified atom stereocenters. The SMILES string of the molecule is CNS(=O)(=O)c1cc(-c2cnc3c(n2)c(I)cn3C(=O)OC(C)(C)C)cc(N2CCC[C@H]2C)c1. The molecule has 9 nitrogen and oxygen atoms in total. The fraction of sp³-hybridized carbons (Fsp3) is 0.435. The largest absolute Gasteiger partial charge is 0.443 e. The molecule has 11 heteroatoms. The fourth-order valence-corrected chi connectivity index (χ4v) is 5.47. The highest BCUT2D eigenvalue weighted by molar-refractivity contribution is 14.1.